The van der Waals surface area contributed by atoms with Gasteiger partial charge in [-0.3, -0.25) is 4.98 Å². The Morgan fingerprint density at radius 2 is 2.33 bits per heavy atom. The summed E-state index contributed by atoms with van der Waals surface area (Å²) in [4.78, 5) is 4.29. The number of rotatable bonds is 5. The lowest BCUT2D eigenvalue weighted by molar-refractivity contribution is 0.167. The van der Waals surface area contributed by atoms with Crippen LogP contribution in [0.2, 0.25) is 0 Å². The smallest absolute Gasteiger partial charge is 0.113 e. The third-order valence-electron chi connectivity index (χ3n) is 3.08. The minimum atomic E-state index is 0.151. The largest absolute Gasteiger partial charge is 0.496 e. The van der Waals surface area contributed by atoms with Crippen LogP contribution in [0.1, 0.15) is 43.4 Å². The molecule has 3 heteroatoms. The molecular weight excluding hydrogens is 224 g/mol. The minimum absolute atomic E-state index is 0.151. The molecule has 0 spiro atoms. The molecule has 1 aliphatic rings. The number of allylic oxidation sites excluding steroid dienone is 1. The van der Waals surface area contributed by atoms with E-state index in [1.54, 1.807) is 0 Å². The Kier molecular flexibility index (Phi) is 4.76. The number of nitrogens with zero attached hydrogens (tertiary/aromatic N) is 1. The summed E-state index contributed by atoms with van der Waals surface area (Å²) in [7, 11) is 0. The Morgan fingerprint density at radius 1 is 1.44 bits per heavy atom. The fourth-order valence-corrected chi connectivity index (χ4v) is 2.19. The number of nitrogens with one attached hydrogen (secondary N) is 1. The van der Waals surface area contributed by atoms with E-state index in [1.807, 2.05) is 12.4 Å². The molecule has 0 aliphatic carbocycles. The molecule has 0 aromatic carbocycles. The lowest BCUT2D eigenvalue weighted by Crippen LogP contribution is -2.26. The van der Waals surface area contributed by atoms with Crippen LogP contribution in [-0.2, 0) is 4.74 Å². The molecule has 2 rings (SSSR count). The molecule has 0 fully saturated rings. The molecule has 1 aliphatic heterocycles. The van der Waals surface area contributed by atoms with E-state index in [1.165, 1.54) is 11.1 Å². The number of aryl methyl sites for hydroxylation is 1. The van der Waals surface area contributed by atoms with Gasteiger partial charge in [-0.1, -0.05) is 13.0 Å². The first-order chi connectivity index (χ1) is 8.81. The summed E-state index contributed by atoms with van der Waals surface area (Å²) >= 11 is 0. The summed E-state index contributed by atoms with van der Waals surface area (Å²) in [6, 6.07) is 2.33. The van der Waals surface area contributed by atoms with Crippen molar-refractivity contribution in [3.63, 3.8) is 0 Å². The van der Waals surface area contributed by atoms with Crippen LogP contribution in [0.25, 0.3) is 0 Å². The lowest BCUT2D eigenvalue weighted by atomic mass is 10.0. The van der Waals surface area contributed by atoms with Crippen molar-refractivity contribution in [3.05, 3.63) is 41.4 Å². The number of ether oxygens (including phenoxy) is 1. The number of pyridine rings is 1. The van der Waals surface area contributed by atoms with Gasteiger partial charge in [0.05, 0.1) is 12.6 Å². The van der Waals surface area contributed by atoms with Crippen LogP contribution in [0.15, 0.2) is 30.3 Å². The van der Waals surface area contributed by atoms with Crippen LogP contribution in [0.5, 0.6) is 0 Å². The summed E-state index contributed by atoms with van der Waals surface area (Å²) in [6.45, 7) is 6.06. The van der Waals surface area contributed by atoms with Crippen molar-refractivity contribution in [3.8, 4) is 0 Å². The maximum atomic E-state index is 5.80. The summed E-state index contributed by atoms with van der Waals surface area (Å²) in [5, 5.41) is 3.55. The van der Waals surface area contributed by atoms with Gasteiger partial charge >= 0.3 is 0 Å². The van der Waals surface area contributed by atoms with E-state index in [-0.39, 0.29) is 6.04 Å². The summed E-state index contributed by atoms with van der Waals surface area (Å²) < 4.78 is 5.80. The Hall–Kier alpha value is -1.35. The molecule has 0 radical (unpaired) electrons. The van der Waals surface area contributed by atoms with Gasteiger partial charge in [-0.05, 0) is 49.9 Å². The van der Waals surface area contributed by atoms with E-state index >= 15 is 0 Å². The Balaban J connectivity index is 2.21. The van der Waals surface area contributed by atoms with Crippen molar-refractivity contribution in [1.82, 2.24) is 10.3 Å². The first-order valence-electron chi connectivity index (χ1n) is 6.79. The van der Waals surface area contributed by atoms with Crippen molar-refractivity contribution in [2.75, 3.05) is 13.2 Å². The average molecular weight is 246 g/mol. The fourth-order valence-electron chi connectivity index (χ4n) is 2.19. The second kappa shape index (κ2) is 6.55. The van der Waals surface area contributed by atoms with Crippen molar-refractivity contribution in [2.45, 2.75) is 39.2 Å². The molecule has 98 valence electrons. The molecular formula is C15H22N2O. The van der Waals surface area contributed by atoms with Crippen LogP contribution in [-0.4, -0.2) is 18.1 Å². The SMILES string of the molecule is CCCNC(C1=CCCCO1)c1cncc(C)c1. The zero-order valence-corrected chi connectivity index (χ0v) is 11.3. The second-order valence-corrected chi connectivity index (χ2v) is 4.78. The van der Waals surface area contributed by atoms with Crippen molar-refractivity contribution < 1.29 is 4.74 Å². The molecule has 1 aromatic rings. The Morgan fingerprint density at radius 3 is 3.00 bits per heavy atom. The fraction of sp³-hybridized carbons (Fsp3) is 0.533. The highest BCUT2D eigenvalue weighted by Crippen LogP contribution is 2.26. The Bertz CT molecular complexity index is 415. The van der Waals surface area contributed by atoms with Gasteiger partial charge < -0.3 is 10.1 Å². The van der Waals surface area contributed by atoms with Gasteiger partial charge in [0.25, 0.3) is 0 Å². The van der Waals surface area contributed by atoms with Gasteiger partial charge in [-0.2, -0.15) is 0 Å². The predicted molar refractivity (Wildman–Crippen MR) is 73.3 cm³/mol. The molecule has 0 amide bonds. The van der Waals surface area contributed by atoms with E-state index in [2.05, 4.69) is 36.3 Å². The van der Waals surface area contributed by atoms with Crippen molar-refractivity contribution >= 4 is 0 Å². The molecule has 1 aromatic heterocycles. The maximum Gasteiger partial charge on any atom is 0.113 e. The maximum absolute atomic E-state index is 5.80. The van der Waals surface area contributed by atoms with Crippen LogP contribution in [0.3, 0.4) is 0 Å². The zero-order chi connectivity index (χ0) is 12.8. The predicted octanol–water partition coefficient (Wildman–Crippen LogP) is 3.13. The monoisotopic (exact) mass is 246 g/mol. The summed E-state index contributed by atoms with van der Waals surface area (Å²) in [5.41, 5.74) is 2.38. The topological polar surface area (TPSA) is 34.1 Å². The third-order valence-corrected chi connectivity index (χ3v) is 3.08. The lowest BCUT2D eigenvalue weighted by Gasteiger charge is -2.25. The van der Waals surface area contributed by atoms with E-state index in [4.69, 9.17) is 4.74 Å². The molecule has 0 saturated heterocycles. The standard InChI is InChI=1S/C15H22N2O/c1-3-7-17-15(14-6-4-5-8-18-14)13-9-12(2)10-16-11-13/h6,9-11,15,17H,3-5,7-8H2,1-2H3. The highest BCUT2D eigenvalue weighted by atomic mass is 16.5. The second-order valence-electron chi connectivity index (χ2n) is 4.78. The van der Waals surface area contributed by atoms with Gasteiger partial charge in [0.1, 0.15) is 5.76 Å². The van der Waals surface area contributed by atoms with Gasteiger partial charge in [0.15, 0.2) is 0 Å². The van der Waals surface area contributed by atoms with Crippen LogP contribution in [0.4, 0.5) is 0 Å². The zero-order valence-electron chi connectivity index (χ0n) is 11.3. The van der Waals surface area contributed by atoms with E-state index in [9.17, 15) is 0 Å². The van der Waals surface area contributed by atoms with Crippen molar-refractivity contribution in [1.29, 1.82) is 0 Å². The first-order valence-corrected chi connectivity index (χ1v) is 6.79. The van der Waals surface area contributed by atoms with Gasteiger partial charge in [-0.15, -0.1) is 0 Å². The molecule has 1 atom stereocenters. The summed E-state index contributed by atoms with van der Waals surface area (Å²) in [6.07, 6.45) is 9.37. The summed E-state index contributed by atoms with van der Waals surface area (Å²) in [5.74, 6) is 1.06. The van der Waals surface area contributed by atoms with Crippen LogP contribution in [0, 0.1) is 6.92 Å². The average Bonchev–Trinajstić information content (AvgIpc) is 2.40. The first kappa shape index (κ1) is 13.1. The number of hydrogen-bond acceptors (Lipinski definition) is 3. The van der Waals surface area contributed by atoms with Gasteiger partial charge in [-0.25, -0.2) is 0 Å². The molecule has 1 N–H and O–H groups in total. The van der Waals surface area contributed by atoms with Crippen LogP contribution < -0.4 is 5.32 Å². The molecule has 2 heterocycles. The molecule has 0 bridgehead atoms. The number of hydrogen-bond donors (Lipinski definition) is 1. The molecule has 3 nitrogen and oxygen atoms in total. The third kappa shape index (κ3) is 3.33. The molecule has 0 saturated carbocycles. The minimum Gasteiger partial charge on any atom is -0.496 e. The van der Waals surface area contributed by atoms with E-state index < -0.39 is 0 Å². The van der Waals surface area contributed by atoms with E-state index in [0.29, 0.717) is 0 Å². The quantitative estimate of drug-likeness (QED) is 0.866. The molecule has 1 unspecified atom stereocenters. The van der Waals surface area contributed by atoms with Crippen molar-refractivity contribution in [2.24, 2.45) is 0 Å². The highest BCUT2D eigenvalue weighted by molar-refractivity contribution is 5.26. The van der Waals surface area contributed by atoms with Gasteiger partial charge in [0, 0.05) is 12.4 Å². The molecule has 18 heavy (non-hydrogen) atoms. The van der Waals surface area contributed by atoms with E-state index in [0.717, 1.165) is 38.2 Å². The van der Waals surface area contributed by atoms with Gasteiger partial charge in [0.2, 0.25) is 0 Å². The Labute approximate surface area is 109 Å². The number of aromatic nitrogens is 1. The highest BCUT2D eigenvalue weighted by Gasteiger charge is 2.19. The normalized spacial score (nSPS) is 16.9. The van der Waals surface area contributed by atoms with Crippen LogP contribution >= 0.6 is 0 Å².